The first-order chi connectivity index (χ1) is 12.1. The molecule has 25 heavy (non-hydrogen) atoms. The van der Waals surface area contributed by atoms with Gasteiger partial charge in [-0.1, -0.05) is 12.1 Å². The van der Waals surface area contributed by atoms with Crippen LogP contribution in [0.4, 0.5) is 0 Å². The monoisotopic (exact) mass is 342 g/mol. The van der Waals surface area contributed by atoms with E-state index >= 15 is 0 Å². The summed E-state index contributed by atoms with van der Waals surface area (Å²) in [6.45, 7) is 2.45. The van der Waals surface area contributed by atoms with E-state index in [-0.39, 0.29) is 5.91 Å². The first kappa shape index (κ1) is 17.2. The van der Waals surface area contributed by atoms with Crippen molar-refractivity contribution >= 4 is 11.9 Å². The van der Waals surface area contributed by atoms with E-state index in [0.717, 1.165) is 37.3 Å². The molecule has 1 saturated heterocycles. The van der Waals surface area contributed by atoms with Crippen LogP contribution in [-0.2, 0) is 6.54 Å². The molecule has 1 fully saturated rings. The van der Waals surface area contributed by atoms with E-state index in [1.54, 1.807) is 31.3 Å². The predicted octanol–water partition coefficient (Wildman–Crippen LogP) is 2.72. The van der Waals surface area contributed by atoms with Gasteiger partial charge in [0.05, 0.1) is 12.1 Å². The number of carbonyl (C=O) groups is 2. The Hall–Kier alpha value is -2.60. The molecule has 2 heterocycles. The van der Waals surface area contributed by atoms with Gasteiger partial charge in [0.1, 0.15) is 5.76 Å². The number of nitrogens with one attached hydrogen (secondary N) is 1. The molecule has 2 N–H and O–H groups in total. The van der Waals surface area contributed by atoms with Crippen molar-refractivity contribution in [3.8, 4) is 0 Å². The van der Waals surface area contributed by atoms with Gasteiger partial charge in [0.15, 0.2) is 5.76 Å². The summed E-state index contributed by atoms with van der Waals surface area (Å²) >= 11 is 0. The third kappa shape index (κ3) is 4.09. The van der Waals surface area contributed by atoms with E-state index in [4.69, 9.17) is 9.52 Å². The summed E-state index contributed by atoms with van der Waals surface area (Å²) in [5.41, 5.74) is 1.39. The molecule has 0 radical (unpaired) electrons. The number of carboxylic acids is 1. The number of piperidine rings is 1. The summed E-state index contributed by atoms with van der Waals surface area (Å²) < 4.78 is 5.60. The Kier molecular flexibility index (Phi) is 5.19. The molecule has 6 nitrogen and oxygen atoms in total. The van der Waals surface area contributed by atoms with Gasteiger partial charge in [-0.15, -0.1) is 0 Å². The molecule has 0 spiro atoms. The number of rotatable bonds is 5. The number of benzene rings is 1. The van der Waals surface area contributed by atoms with E-state index in [1.807, 2.05) is 12.1 Å². The van der Waals surface area contributed by atoms with E-state index in [0.29, 0.717) is 23.8 Å². The van der Waals surface area contributed by atoms with Gasteiger partial charge in [-0.05, 0) is 55.1 Å². The van der Waals surface area contributed by atoms with Crippen molar-refractivity contribution in [1.82, 2.24) is 10.2 Å². The zero-order valence-electron chi connectivity index (χ0n) is 14.2. The fraction of sp³-hybridized carbons (Fsp3) is 0.368. The second kappa shape index (κ2) is 7.53. The van der Waals surface area contributed by atoms with Gasteiger partial charge in [0, 0.05) is 13.6 Å². The lowest BCUT2D eigenvalue weighted by atomic mass is 9.89. The summed E-state index contributed by atoms with van der Waals surface area (Å²) in [4.78, 5) is 25.0. The van der Waals surface area contributed by atoms with Crippen LogP contribution in [0.15, 0.2) is 40.8 Å². The maximum absolute atomic E-state index is 11.6. The zero-order chi connectivity index (χ0) is 17.8. The molecule has 2 aromatic rings. The number of carbonyl (C=O) groups excluding carboxylic acids is 1. The summed E-state index contributed by atoms with van der Waals surface area (Å²) in [7, 11) is 1.57. The largest absolute Gasteiger partial charge is 0.478 e. The Morgan fingerprint density at radius 3 is 2.92 bits per heavy atom. The van der Waals surface area contributed by atoms with E-state index in [9.17, 15) is 9.59 Å². The fourth-order valence-corrected chi connectivity index (χ4v) is 3.33. The average molecular weight is 342 g/mol. The summed E-state index contributed by atoms with van der Waals surface area (Å²) in [5, 5.41) is 11.7. The molecular weight excluding hydrogens is 320 g/mol. The van der Waals surface area contributed by atoms with Gasteiger partial charge >= 0.3 is 5.97 Å². The minimum atomic E-state index is -0.896. The lowest BCUT2D eigenvalue weighted by molar-refractivity contribution is 0.0696. The van der Waals surface area contributed by atoms with Gasteiger partial charge in [0.2, 0.25) is 0 Å². The summed E-state index contributed by atoms with van der Waals surface area (Å²) in [6, 6.07) is 10.7. The van der Waals surface area contributed by atoms with Crippen molar-refractivity contribution in [2.24, 2.45) is 0 Å². The van der Waals surface area contributed by atoms with Gasteiger partial charge in [-0.25, -0.2) is 4.79 Å². The number of hydrogen-bond acceptors (Lipinski definition) is 4. The number of hydrogen-bond donors (Lipinski definition) is 2. The van der Waals surface area contributed by atoms with Gasteiger partial charge in [-0.3, -0.25) is 9.69 Å². The second-order valence-electron chi connectivity index (χ2n) is 6.35. The normalized spacial score (nSPS) is 18.0. The lowest BCUT2D eigenvalue weighted by Gasteiger charge is -2.32. The molecule has 3 rings (SSSR count). The second-order valence-corrected chi connectivity index (χ2v) is 6.35. The SMILES string of the molecule is CNC(=O)c1ccc(CN2CCC[C@@H](c3cccc(C(=O)O)c3)C2)o1. The quantitative estimate of drug-likeness (QED) is 0.873. The van der Waals surface area contributed by atoms with E-state index in [1.165, 1.54) is 0 Å². The molecule has 1 aliphatic rings. The van der Waals surface area contributed by atoms with Crippen LogP contribution in [-0.4, -0.2) is 42.0 Å². The van der Waals surface area contributed by atoms with Crippen molar-refractivity contribution in [1.29, 1.82) is 0 Å². The van der Waals surface area contributed by atoms with Crippen LogP contribution in [0.3, 0.4) is 0 Å². The maximum atomic E-state index is 11.6. The highest BCUT2D eigenvalue weighted by Gasteiger charge is 2.23. The molecule has 1 aromatic heterocycles. The van der Waals surface area contributed by atoms with Crippen LogP contribution >= 0.6 is 0 Å². The summed E-state index contributed by atoms with van der Waals surface area (Å²) in [5.74, 6) is 0.264. The predicted molar refractivity (Wildman–Crippen MR) is 92.8 cm³/mol. The summed E-state index contributed by atoms with van der Waals surface area (Å²) in [6.07, 6.45) is 2.09. The molecular formula is C19H22N2O4. The number of furan rings is 1. The Morgan fingerprint density at radius 1 is 1.32 bits per heavy atom. The van der Waals surface area contributed by atoms with Gasteiger partial charge in [-0.2, -0.15) is 0 Å². The highest BCUT2D eigenvalue weighted by atomic mass is 16.4. The molecule has 1 aliphatic heterocycles. The Bertz CT molecular complexity index is 768. The van der Waals surface area contributed by atoms with Crippen molar-refractivity contribution in [3.05, 3.63) is 59.0 Å². The van der Waals surface area contributed by atoms with Crippen LogP contribution in [0.5, 0.6) is 0 Å². The first-order valence-electron chi connectivity index (χ1n) is 8.43. The lowest BCUT2D eigenvalue weighted by Crippen LogP contribution is -2.33. The van der Waals surface area contributed by atoms with Crippen LogP contribution in [0.1, 0.15) is 51.0 Å². The van der Waals surface area contributed by atoms with Crippen LogP contribution in [0.25, 0.3) is 0 Å². The van der Waals surface area contributed by atoms with Gasteiger partial charge in [0.25, 0.3) is 5.91 Å². The van der Waals surface area contributed by atoms with Gasteiger partial charge < -0.3 is 14.8 Å². The van der Waals surface area contributed by atoms with Crippen molar-refractivity contribution in [2.75, 3.05) is 20.1 Å². The number of likely N-dealkylation sites (tertiary alicyclic amines) is 1. The zero-order valence-corrected chi connectivity index (χ0v) is 14.2. The number of carboxylic acid groups (broad SMARTS) is 1. The van der Waals surface area contributed by atoms with E-state index in [2.05, 4.69) is 10.2 Å². The molecule has 1 aromatic carbocycles. The third-order valence-corrected chi connectivity index (χ3v) is 4.60. The minimum absolute atomic E-state index is 0.228. The minimum Gasteiger partial charge on any atom is -0.478 e. The number of nitrogens with zero attached hydrogens (tertiary/aromatic N) is 1. The van der Waals surface area contributed by atoms with Crippen molar-refractivity contribution < 1.29 is 19.1 Å². The van der Waals surface area contributed by atoms with Crippen molar-refractivity contribution in [3.63, 3.8) is 0 Å². The Labute approximate surface area is 146 Å². The molecule has 132 valence electrons. The van der Waals surface area contributed by atoms with Crippen LogP contribution in [0.2, 0.25) is 0 Å². The molecule has 1 amide bonds. The smallest absolute Gasteiger partial charge is 0.335 e. The molecule has 0 saturated carbocycles. The third-order valence-electron chi connectivity index (χ3n) is 4.60. The highest BCUT2D eigenvalue weighted by molar-refractivity contribution is 5.91. The fourth-order valence-electron chi connectivity index (χ4n) is 3.33. The molecule has 1 atom stereocenters. The topological polar surface area (TPSA) is 82.8 Å². The molecule has 0 unspecified atom stereocenters. The van der Waals surface area contributed by atoms with Crippen LogP contribution < -0.4 is 5.32 Å². The highest BCUT2D eigenvalue weighted by Crippen LogP contribution is 2.28. The number of amides is 1. The first-order valence-corrected chi connectivity index (χ1v) is 8.43. The van der Waals surface area contributed by atoms with E-state index < -0.39 is 5.97 Å². The molecule has 0 bridgehead atoms. The molecule has 6 heteroatoms. The van der Waals surface area contributed by atoms with Crippen LogP contribution in [0, 0.1) is 0 Å². The maximum Gasteiger partial charge on any atom is 0.335 e. The Balaban J connectivity index is 1.67. The Morgan fingerprint density at radius 2 is 2.16 bits per heavy atom. The molecule has 0 aliphatic carbocycles. The average Bonchev–Trinajstić information content (AvgIpc) is 3.10. The number of aromatic carboxylic acids is 1. The van der Waals surface area contributed by atoms with Crippen molar-refractivity contribution in [2.45, 2.75) is 25.3 Å². The standard InChI is InChI=1S/C19H22N2O4/c1-20-18(22)17-8-7-16(25-17)12-21-9-3-6-15(11-21)13-4-2-5-14(10-13)19(23)24/h2,4-5,7-8,10,15H,3,6,9,11-12H2,1H3,(H,20,22)(H,23,24)/t15-/m1/s1.